The third-order valence-electron chi connectivity index (χ3n) is 3.49. The second kappa shape index (κ2) is 5.50. The molecule has 1 aliphatic rings. The number of rotatable bonds is 3. The van der Waals surface area contributed by atoms with Crippen molar-refractivity contribution in [2.24, 2.45) is 5.92 Å². The molecule has 1 aromatic rings. The summed E-state index contributed by atoms with van der Waals surface area (Å²) < 4.78 is 5.38. The van der Waals surface area contributed by atoms with Crippen molar-refractivity contribution in [3.8, 4) is 0 Å². The molecule has 0 aliphatic carbocycles. The van der Waals surface area contributed by atoms with E-state index < -0.39 is 0 Å². The third-order valence-corrected chi connectivity index (χ3v) is 3.49. The van der Waals surface area contributed by atoms with E-state index >= 15 is 0 Å². The molecule has 2 rings (SSSR count). The normalized spacial score (nSPS) is 23.1. The number of nitrogens with zero attached hydrogens (tertiary/aromatic N) is 1. The highest BCUT2D eigenvalue weighted by Crippen LogP contribution is 2.21. The van der Waals surface area contributed by atoms with Crippen molar-refractivity contribution >= 4 is 11.6 Å². The lowest BCUT2D eigenvalue weighted by atomic mass is 10.0. The number of likely N-dealkylation sites (N-methyl/N-ethyl adjacent to an activating group) is 1. The monoisotopic (exact) mass is 248 g/mol. The average molecular weight is 248 g/mol. The fourth-order valence-corrected chi connectivity index (χ4v) is 2.29. The lowest BCUT2D eigenvalue weighted by molar-refractivity contribution is -0.122. The summed E-state index contributed by atoms with van der Waals surface area (Å²) >= 11 is 0. The second-order valence-electron chi connectivity index (χ2n) is 4.78. The van der Waals surface area contributed by atoms with E-state index in [1.807, 2.05) is 45.3 Å². The van der Waals surface area contributed by atoms with Crippen LogP contribution in [0.1, 0.15) is 5.56 Å². The van der Waals surface area contributed by atoms with Crippen molar-refractivity contribution in [1.82, 2.24) is 5.32 Å². The SMILES string of the molecule is CNC1COCC1C(=O)N(C)c1cccc(C)c1. The van der Waals surface area contributed by atoms with Crippen LogP contribution in [-0.2, 0) is 9.53 Å². The lowest BCUT2D eigenvalue weighted by Crippen LogP contribution is -2.43. The smallest absolute Gasteiger partial charge is 0.233 e. The lowest BCUT2D eigenvalue weighted by Gasteiger charge is -2.24. The zero-order valence-electron chi connectivity index (χ0n) is 11.1. The van der Waals surface area contributed by atoms with Gasteiger partial charge >= 0.3 is 0 Å². The minimum atomic E-state index is -0.0967. The van der Waals surface area contributed by atoms with Gasteiger partial charge in [0.15, 0.2) is 0 Å². The van der Waals surface area contributed by atoms with Crippen molar-refractivity contribution in [1.29, 1.82) is 0 Å². The molecular weight excluding hydrogens is 228 g/mol. The number of amides is 1. The van der Waals surface area contributed by atoms with Gasteiger partial charge in [-0.3, -0.25) is 4.79 Å². The van der Waals surface area contributed by atoms with E-state index in [0.29, 0.717) is 13.2 Å². The first-order valence-corrected chi connectivity index (χ1v) is 6.22. The third kappa shape index (κ3) is 2.54. The molecule has 18 heavy (non-hydrogen) atoms. The zero-order chi connectivity index (χ0) is 13.1. The summed E-state index contributed by atoms with van der Waals surface area (Å²) in [5.74, 6) is 0.0120. The number of carbonyl (C=O) groups excluding carboxylic acids is 1. The van der Waals surface area contributed by atoms with Gasteiger partial charge in [-0.1, -0.05) is 12.1 Å². The van der Waals surface area contributed by atoms with E-state index in [1.54, 1.807) is 4.90 Å². The van der Waals surface area contributed by atoms with Crippen molar-refractivity contribution in [2.45, 2.75) is 13.0 Å². The molecule has 4 nitrogen and oxygen atoms in total. The topological polar surface area (TPSA) is 41.6 Å². The molecule has 0 radical (unpaired) electrons. The molecule has 98 valence electrons. The number of aryl methyl sites for hydroxylation is 1. The molecular formula is C14H20N2O2. The van der Waals surface area contributed by atoms with Crippen LogP contribution in [0.5, 0.6) is 0 Å². The highest BCUT2D eigenvalue weighted by Gasteiger charge is 2.35. The minimum Gasteiger partial charge on any atom is -0.379 e. The molecule has 2 unspecified atom stereocenters. The van der Waals surface area contributed by atoms with E-state index in [4.69, 9.17) is 4.74 Å². The first-order chi connectivity index (χ1) is 8.63. The molecule has 0 aromatic heterocycles. The first-order valence-electron chi connectivity index (χ1n) is 6.22. The van der Waals surface area contributed by atoms with Crippen LogP contribution in [0.3, 0.4) is 0 Å². The van der Waals surface area contributed by atoms with Gasteiger partial charge in [0.1, 0.15) is 0 Å². The number of hydrogen-bond acceptors (Lipinski definition) is 3. The number of anilines is 1. The van der Waals surface area contributed by atoms with E-state index in [0.717, 1.165) is 11.3 Å². The van der Waals surface area contributed by atoms with Crippen LogP contribution in [-0.4, -0.2) is 39.3 Å². The maximum Gasteiger partial charge on any atom is 0.233 e. The van der Waals surface area contributed by atoms with Crippen molar-refractivity contribution in [3.63, 3.8) is 0 Å². The van der Waals surface area contributed by atoms with Gasteiger partial charge in [-0.25, -0.2) is 0 Å². The van der Waals surface area contributed by atoms with Gasteiger partial charge < -0.3 is 15.0 Å². The van der Waals surface area contributed by atoms with E-state index in [1.165, 1.54) is 0 Å². The largest absolute Gasteiger partial charge is 0.379 e. The van der Waals surface area contributed by atoms with Crippen LogP contribution in [0.4, 0.5) is 5.69 Å². The Labute approximate surface area is 108 Å². The molecule has 1 saturated heterocycles. The fourth-order valence-electron chi connectivity index (χ4n) is 2.29. The van der Waals surface area contributed by atoms with Crippen molar-refractivity contribution < 1.29 is 9.53 Å². The Balaban J connectivity index is 2.13. The molecule has 1 fully saturated rings. The van der Waals surface area contributed by atoms with Crippen LogP contribution in [0, 0.1) is 12.8 Å². The first kappa shape index (κ1) is 13.1. The molecule has 0 saturated carbocycles. The molecule has 1 aromatic carbocycles. The Hall–Kier alpha value is -1.39. The predicted molar refractivity (Wildman–Crippen MR) is 71.7 cm³/mol. The van der Waals surface area contributed by atoms with Gasteiger partial charge in [0.2, 0.25) is 5.91 Å². The van der Waals surface area contributed by atoms with Crippen LogP contribution in [0.2, 0.25) is 0 Å². The zero-order valence-corrected chi connectivity index (χ0v) is 11.1. The van der Waals surface area contributed by atoms with Crippen LogP contribution in [0.25, 0.3) is 0 Å². The summed E-state index contributed by atoms with van der Waals surface area (Å²) in [7, 11) is 3.69. The summed E-state index contributed by atoms with van der Waals surface area (Å²) in [5, 5.41) is 3.14. The van der Waals surface area contributed by atoms with E-state index in [-0.39, 0.29) is 17.9 Å². The summed E-state index contributed by atoms with van der Waals surface area (Å²) in [6.45, 7) is 3.13. The quantitative estimate of drug-likeness (QED) is 0.873. The number of ether oxygens (including phenoxy) is 1. The molecule has 1 aliphatic heterocycles. The van der Waals surface area contributed by atoms with Gasteiger partial charge in [0.05, 0.1) is 19.1 Å². The molecule has 1 heterocycles. The van der Waals surface area contributed by atoms with Crippen LogP contribution >= 0.6 is 0 Å². The summed E-state index contributed by atoms with van der Waals surface area (Å²) in [5.41, 5.74) is 2.08. The van der Waals surface area contributed by atoms with E-state index in [2.05, 4.69) is 5.32 Å². The minimum absolute atomic E-state index is 0.0967. The van der Waals surface area contributed by atoms with Gasteiger partial charge in [0.25, 0.3) is 0 Å². The number of nitrogens with one attached hydrogen (secondary N) is 1. The van der Waals surface area contributed by atoms with Gasteiger partial charge in [-0.15, -0.1) is 0 Å². The molecule has 0 spiro atoms. The highest BCUT2D eigenvalue weighted by molar-refractivity contribution is 5.95. The maximum atomic E-state index is 12.4. The van der Waals surface area contributed by atoms with Gasteiger partial charge in [-0.05, 0) is 31.7 Å². The Morgan fingerprint density at radius 3 is 2.89 bits per heavy atom. The van der Waals surface area contributed by atoms with Crippen molar-refractivity contribution in [3.05, 3.63) is 29.8 Å². The number of benzene rings is 1. The van der Waals surface area contributed by atoms with Crippen LogP contribution < -0.4 is 10.2 Å². The molecule has 1 amide bonds. The Kier molecular flexibility index (Phi) is 3.99. The molecule has 1 N–H and O–H groups in total. The van der Waals surface area contributed by atoms with Crippen LogP contribution in [0.15, 0.2) is 24.3 Å². The Bertz CT molecular complexity index is 434. The molecule has 2 atom stereocenters. The van der Waals surface area contributed by atoms with Crippen molar-refractivity contribution in [2.75, 3.05) is 32.2 Å². The summed E-state index contributed by atoms with van der Waals surface area (Å²) in [6, 6.07) is 8.08. The Morgan fingerprint density at radius 2 is 2.22 bits per heavy atom. The summed E-state index contributed by atoms with van der Waals surface area (Å²) in [6.07, 6.45) is 0. The molecule has 4 heteroatoms. The standard InChI is InChI=1S/C14H20N2O2/c1-10-5-4-6-11(7-10)16(3)14(17)12-8-18-9-13(12)15-2/h4-7,12-13,15H,8-9H2,1-3H3. The van der Waals surface area contributed by atoms with Gasteiger partial charge in [0, 0.05) is 18.8 Å². The van der Waals surface area contributed by atoms with E-state index in [9.17, 15) is 4.79 Å². The Morgan fingerprint density at radius 1 is 1.44 bits per heavy atom. The second-order valence-corrected chi connectivity index (χ2v) is 4.78. The summed E-state index contributed by atoms with van der Waals surface area (Å²) in [4.78, 5) is 14.2. The highest BCUT2D eigenvalue weighted by atomic mass is 16.5. The average Bonchev–Trinajstić information content (AvgIpc) is 2.85. The fraction of sp³-hybridized carbons (Fsp3) is 0.500. The maximum absolute atomic E-state index is 12.4. The van der Waals surface area contributed by atoms with Gasteiger partial charge in [-0.2, -0.15) is 0 Å². The number of hydrogen-bond donors (Lipinski definition) is 1. The number of carbonyl (C=O) groups is 1. The predicted octanol–water partition coefficient (Wildman–Crippen LogP) is 1.19. The molecule has 0 bridgehead atoms.